The molecule has 0 aromatic heterocycles. The molecule has 6 nitrogen and oxygen atoms in total. The minimum atomic E-state index is -0.694. The Kier molecular flexibility index (Phi) is 4.92. The number of nitrogens with one attached hydrogen (secondary N) is 1. The van der Waals surface area contributed by atoms with E-state index in [1.807, 2.05) is 20.8 Å². The molecule has 1 aromatic carbocycles. The summed E-state index contributed by atoms with van der Waals surface area (Å²) in [6, 6.07) is 3.28. The SMILES string of the molecule is CC(C)(C)C1CC(NC(=O)[C@@H]2CCC(=O)N2c2ccc(F)c(Cl)c2)=NO1. The van der Waals surface area contributed by atoms with E-state index in [0.29, 0.717) is 24.4 Å². The highest BCUT2D eigenvalue weighted by Crippen LogP contribution is 2.31. The second-order valence-electron chi connectivity index (χ2n) is 7.61. The molecule has 1 fully saturated rings. The lowest BCUT2D eigenvalue weighted by Crippen LogP contribution is -2.47. The van der Waals surface area contributed by atoms with E-state index >= 15 is 0 Å². The van der Waals surface area contributed by atoms with Crippen LogP contribution in [0.4, 0.5) is 10.1 Å². The molecule has 0 radical (unpaired) electrons. The molecule has 2 atom stereocenters. The fourth-order valence-corrected chi connectivity index (χ4v) is 3.21. The number of benzene rings is 1. The van der Waals surface area contributed by atoms with E-state index in [4.69, 9.17) is 16.4 Å². The fourth-order valence-electron chi connectivity index (χ4n) is 3.03. The van der Waals surface area contributed by atoms with Crippen molar-refractivity contribution in [1.82, 2.24) is 5.32 Å². The Labute approximate surface area is 156 Å². The van der Waals surface area contributed by atoms with E-state index in [0.717, 1.165) is 0 Å². The zero-order valence-corrected chi connectivity index (χ0v) is 15.6. The summed E-state index contributed by atoms with van der Waals surface area (Å²) in [7, 11) is 0. The van der Waals surface area contributed by atoms with Crippen molar-refractivity contribution < 1.29 is 18.8 Å². The standard InChI is InChI=1S/C18H21ClFN3O3/c1-18(2,3)14-9-15(22-26-14)21-17(25)13-6-7-16(24)23(13)10-4-5-12(20)11(19)8-10/h4-5,8,13-14H,6-7,9H2,1-3H3,(H,21,22,25)/t13-,14?/m0/s1. The first-order valence-corrected chi connectivity index (χ1v) is 8.85. The number of oxime groups is 1. The summed E-state index contributed by atoms with van der Waals surface area (Å²) in [5.74, 6) is -0.668. The van der Waals surface area contributed by atoms with Crippen LogP contribution < -0.4 is 10.2 Å². The highest BCUT2D eigenvalue weighted by atomic mass is 35.5. The highest BCUT2D eigenvalue weighted by Gasteiger charge is 2.39. The van der Waals surface area contributed by atoms with Crippen molar-refractivity contribution in [3.05, 3.63) is 29.0 Å². The molecule has 1 aromatic rings. The zero-order valence-electron chi connectivity index (χ0n) is 14.9. The summed E-state index contributed by atoms with van der Waals surface area (Å²) in [5.41, 5.74) is 0.298. The second kappa shape index (κ2) is 6.87. The first-order chi connectivity index (χ1) is 12.2. The third-order valence-corrected chi connectivity index (χ3v) is 4.89. The van der Waals surface area contributed by atoms with E-state index in [1.54, 1.807) is 0 Å². The minimum absolute atomic E-state index is 0.0945. The number of amidine groups is 1. The van der Waals surface area contributed by atoms with Crippen molar-refractivity contribution in [1.29, 1.82) is 0 Å². The van der Waals surface area contributed by atoms with Gasteiger partial charge in [0.25, 0.3) is 0 Å². The number of hydrogen-bond acceptors (Lipinski definition) is 4. The number of anilines is 1. The molecule has 2 aliphatic rings. The van der Waals surface area contributed by atoms with Gasteiger partial charge in [0.05, 0.1) is 5.02 Å². The van der Waals surface area contributed by atoms with Crippen LogP contribution in [0.2, 0.25) is 5.02 Å². The molecule has 3 rings (SSSR count). The average molecular weight is 382 g/mol. The molecule has 1 N–H and O–H groups in total. The topological polar surface area (TPSA) is 71.0 Å². The lowest BCUT2D eigenvalue weighted by molar-refractivity contribution is -0.122. The number of rotatable bonds is 2. The van der Waals surface area contributed by atoms with Crippen LogP contribution in [0.1, 0.15) is 40.0 Å². The van der Waals surface area contributed by atoms with Crippen molar-refractivity contribution in [2.75, 3.05) is 4.90 Å². The van der Waals surface area contributed by atoms with Gasteiger partial charge in [0, 0.05) is 23.9 Å². The Hall–Kier alpha value is -2.15. The normalized spacial score (nSPS) is 23.0. The molecule has 0 spiro atoms. The number of carbonyl (C=O) groups is 2. The average Bonchev–Trinajstić information content (AvgIpc) is 3.16. The van der Waals surface area contributed by atoms with Crippen molar-refractivity contribution in [2.45, 2.75) is 52.2 Å². The second-order valence-corrected chi connectivity index (χ2v) is 8.02. The molecule has 1 unspecified atom stereocenters. The molecule has 140 valence electrons. The van der Waals surface area contributed by atoms with Crippen molar-refractivity contribution in [3.63, 3.8) is 0 Å². The van der Waals surface area contributed by atoms with Crippen LogP contribution in [0.25, 0.3) is 0 Å². The largest absolute Gasteiger partial charge is 0.390 e. The molecular formula is C18H21ClFN3O3. The van der Waals surface area contributed by atoms with Crippen LogP contribution in [-0.2, 0) is 14.4 Å². The summed E-state index contributed by atoms with van der Waals surface area (Å²) < 4.78 is 13.4. The Balaban J connectivity index is 1.72. The van der Waals surface area contributed by atoms with Gasteiger partial charge < -0.3 is 10.2 Å². The van der Waals surface area contributed by atoms with Gasteiger partial charge in [-0.1, -0.05) is 37.5 Å². The van der Waals surface area contributed by atoms with Gasteiger partial charge in [-0.2, -0.15) is 0 Å². The Morgan fingerprint density at radius 3 is 2.77 bits per heavy atom. The van der Waals surface area contributed by atoms with Gasteiger partial charge in [-0.3, -0.25) is 14.5 Å². The molecule has 2 heterocycles. The van der Waals surface area contributed by atoms with Gasteiger partial charge in [-0.25, -0.2) is 4.39 Å². The first kappa shape index (κ1) is 18.6. The van der Waals surface area contributed by atoms with Crippen molar-refractivity contribution in [2.24, 2.45) is 10.6 Å². The zero-order chi connectivity index (χ0) is 19.1. The molecule has 2 aliphatic heterocycles. The maximum atomic E-state index is 13.4. The van der Waals surface area contributed by atoms with Crippen molar-refractivity contribution >= 4 is 34.9 Å². The van der Waals surface area contributed by atoms with Gasteiger partial charge in [0.2, 0.25) is 11.8 Å². The van der Waals surface area contributed by atoms with Gasteiger partial charge in [-0.15, -0.1) is 0 Å². The molecule has 26 heavy (non-hydrogen) atoms. The van der Waals surface area contributed by atoms with Crippen LogP contribution in [0.15, 0.2) is 23.4 Å². The highest BCUT2D eigenvalue weighted by molar-refractivity contribution is 6.31. The van der Waals surface area contributed by atoms with Crippen LogP contribution in [0.5, 0.6) is 0 Å². The van der Waals surface area contributed by atoms with Crippen LogP contribution >= 0.6 is 11.6 Å². The molecule has 0 bridgehead atoms. The number of amides is 2. The van der Waals surface area contributed by atoms with Gasteiger partial charge in [0.15, 0.2) is 5.84 Å². The molecule has 0 saturated carbocycles. The summed E-state index contributed by atoms with van der Waals surface area (Å²) >= 11 is 5.81. The van der Waals surface area contributed by atoms with Crippen molar-refractivity contribution in [3.8, 4) is 0 Å². The van der Waals surface area contributed by atoms with Gasteiger partial charge >= 0.3 is 0 Å². The molecule has 2 amide bonds. The lowest BCUT2D eigenvalue weighted by atomic mass is 9.87. The predicted molar refractivity (Wildman–Crippen MR) is 96.4 cm³/mol. The maximum Gasteiger partial charge on any atom is 0.248 e. The smallest absolute Gasteiger partial charge is 0.248 e. The Morgan fingerprint density at radius 2 is 2.15 bits per heavy atom. The molecule has 1 saturated heterocycles. The van der Waals surface area contributed by atoms with E-state index in [9.17, 15) is 14.0 Å². The summed E-state index contributed by atoms with van der Waals surface area (Å²) in [4.78, 5) is 31.7. The molecule has 8 heteroatoms. The van der Waals surface area contributed by atoms with Gasteiger partial charge in [-0.05, 0) is 24.6 Å². The summed E-state index contributed by atoms with van der Waals surface area (Å²) in [6.07, 6.45) is 0.991. The third-order valence-electron chi connectivity index (χ3n) is 4.60. The van der Waals surface area contributed by atoms with Gasteiger partial charge in [0.1, 0.15) is 18.0 Å². The number of carbonyl (C=O) groups excluding carboxylic acids is 2. The third kappa shape index (κ3) is 3.67. The number of halogens is 2. The lowest BCUT2D eigenvalue weighted by Gasteiger charge is -2.25. The summed E-state index contributed by atoms with van der Waals surface area (Å²) in [5, 5.41) is 6.61. The Bertz CT molecular complexity index is 775. The van der Waals surface area contributed by atoms with Crippen LogP contribution in [0, 0.1) is 11.2 Å². The van der Waals surface area contributed by atoms with E-state index in [2.05, 4.69) is 10.5 Å². The van der Waals surface area contributed by atoms with Crippen LogP contribution in [-0.4, -0.2) is 29.8 Å². The first-order valence-electron chi connectivity index (χ1n) is 8.47. The fraction of sp³-hybridized carbons (Fsp3) is 0.500. The minimum Gasteiger partial charge on any atom is -0.390 e. The molecule has 0 aliphatic carbocycles. The maximum absolute atomic E-state index is 13.4. The van der Waals surface area contributed by atoms with E-state index in [1.165, 1.54) is 23.1 Å². The van der Waals surface area contributed by atoms with E-state index < -0.39 is 11.9 Å². The summed E-state index contributed by atoms with van der Waals surface area (Å²) in [6.45, 7) is 6.11. The van der Waals surface area contributed by atoms with Crippen LogP contribution in [0.3, 0.4) is 0 Å². The molecular weight excluding hydrogens is 361 g/mol. The number of hydrogen-bond donors (Lipinski definition) is 1. The van der Waals surface area contributed by atoms with E-state index in [-0.39, 0.29) is 34.8 Å². The Morgan fingerprint density at radius 1 is 1.42 bits per heavy atom. The predicted octanol–water partition coefficient (Wildman–Crippen LogP) is 3.24. The monoisotopic (exact) mass is 381 g/mol. The number of nitrogens with zero attached hydrogens (tertiary/aromatic N) is 2. The quantitative estimate of drug-likeness (QED) is 0.854.